The lowest BCUT2D eigenvalue weighted by Gasteiger charge is -2.16. The van der Waals surface area contributed by atoms with Crippen LogP contribution < -0.4 is 0 Å². The fourth-order valence-corrected chi connectivity index (χ4v) is 2.80. The van der Waals surface area contributed by atoms with Gasteiger partial charge in [0.15, 0.2) is 5.69 Å². The van der Waals surface area contributed by atoms with E-state index in [1.807, 2.05) is 6.92 Å². The molecule has 0 saturated heterocycles. The van der Waals surface area contributed by atoms with E-state index in [2.05, 4.69) is 26.1 Å². The van der Waals surface area contributed by atoms with Crippen molar-refractivity contribution in [2.75, 3.05) is 7.05 Å². The summed E-state index contributed by atoms with van der Waals surface area (Å²) in [6.45, 7) is 2.81. The molecule has 10 heteroatoms. The van der Waals surface area contributed by atoms with Gasteiger partial charge >= 0.3 is 6.18 Å². The van der Waals surface area contributed by atoms with Gasteiger partial charge in [0, 0.05) is 26.8 Å². The highest BCUT2D eigenvalue weighted by Gasteiger charge is 2.39. The van der Waals surface area contributed by atoms with Gasteiger partial charge in [-0.05, 0) is 28.9 Å². The third-order valence-electron chi connectivity index (χ3n) is 3.23. The molecule has 0 atom stereocenters. The van der Waals surface area contributed by atoms with Crippen LogP contribution in [0.1, 0.15) is 28.8 Å². The van der Waals surface area contributed by atoms with Crippen LogP contribution in [0.2, 0.25) is 0 Å². The maximum absolute atomic E-state index is 12.9. The third kappa shape index (κ3) is 3.57. The van der Waals surface area contributed by atoms with Crippen LogP contribution in [0.25, 0.3) is 0 Å². The number of halogens is 4. The molecule has 0 fully saturated rings. The summed E-state index contributed by atoms with van der Waals surface area (Å²) in [4.78, 5) is 13.7. The number of hydrogen-bond donors (Lipinski definition) is 0. The lowest BCUT2D eigenvalue weighted by Crippen LogP contribution is -2.28. The average Bonchev–Trinajstić information content (AvgIpc) is 3.02. The number of carbonyl (C=O) groups excluding carboxylic acids is 1. The molecule has 1 amide bonds. The number of alkyl halides is 3. The van der Waals surface area contributed by atoms with Gasteiger partial charge in [-0.1, -0.05) is 0 Å². The Labute approximate surface area is 139 Å². The highest BCUT2D eigenvalue weighted by atomic mass is 79.9. The molecule has 0 radical (unpaired) electrons. The quantitative estimate of drug-likeness (QED) is 0.802. The van der Waals surface area contributed by atoms with Crippen LogP contribution in [0.3, 0.4) is 0 Å². The normalized spacial score (nSPS) is 11.8. The molecule has 0 spiro atoms. The third-order valence-corrected chi connectivity index (χ3v) is 3.98. The Morgan fingerprint density at radius 2 is 2.04 bits per heavy atom. The van der Waals surface area contributed by atoms with Gasteiger partial charge in [-0.2, -0.15) is 23.4 Å². The molecule has 0 saturated carbocycles. The molecule has 0 aromatic carbocycles. The molecule has 6 nitrogen and oxygen atoms in total. The number of nitrogens with zero attached hydrogens (tertiary/aromatic N) is 5. The van der Waals surface area contributed by atoms with Gasteiger partial charge < -0.3 is 4.90 Å². The molecular weight excluding hydrogens is 379 g/mol. The largest absolute Gasteiger partial charge is 0.436 e. The van der Waals surface area contributed by atoms with Crippen LogP contribution in [-0.2, 0) is 26.3 Å². The van der Waals surface area contributed by atoms with E-state index >= 15 is 0 Å². The molecule has 0 N–H and O–H groups in total. The van der Waals surface area contributed by atoms with Crippen LogP contribution in [0, 0.1) is 0 Å². The van der Waals surface area contributed by atoms with Crippen molar-refractivity contribution >= 4 is 21.8 Å². The van der Waals surface area contributed by atoms with E-state index in [9.17, 15) is 18.0 Å². The van der Waals surface area contributed by atoms with E-state index in [1.54, 1.807) is 16.9 Å². The summed E-state index contributed by atoms with van der Waals surface area (Å²) in [5, 5.41) is 7.63. The van der Waals surface area contributed by atoms with Crippen molar-refractivity contribution in [1.82, 2.24) is 24.5 Å². The highest BCUT2D eigenvalue weighted by Crippen LogP contribution is 2.35. The first kappa shape index (κ1) is 17.5. The summed E-state index contributed by atoms with van der Waals surface area (Å²) in [5.74, 6) is -0.576. The van der Waals surface area contributed by atoms with Gasteiger partial charge in [0.2, 0.25) is 0 Å². The standard InChI is InChI=1S/C13H15BrF3N5O/c1-4-22-6-5-8(18-22)7-20(2)12(23)10-9(14)11(13(15,16)17)19-21(10)3/h5-6H,4,7H2,1-3H3. The van der Waals surface area contributed by atoms with Gasteiger partial charge in [-0.15, -0.1) is 0 Å². The second-order valence-corrected chi connectivity index (χ2v) is 5.75. The monoisotopic (exact) mass is 393 g/mol. The van der Waals surface area contributed by atoms with E-state index in [0.717, 1.165) is 4.68 Å². The molecular formula is C13H15BrF3N5O. The summed E-state index contributed by atoms with van der Waals surface area (Å²) >= 11 is 2.84. The van der Waals surface area contributed by atoms with Crippen molar-refractivity contribution in [3.05, 3.63) is 33.8 Å². The molecule has 2 heterocycles. The maximum atomic E-state index is 12.9. The van der Waals surface area contributed by atoms with Gasteiger partial charge in [0.05, 0.1) is 16.7 Å². The van der Waals surface area contributed by atoms with Crippen LogP contribution >= 0.6 is 15.9 Å². The topological polar surface area (TPSA) is 56.0 Å². The summed E-state index contributed by atoms with van der Waals surface area (Å²) in [7, 11) is 2.80. The summed E-state index contributed by atoms with van der Waals surface area (Å²) in [6, 6.07) is 1.76. The number of rotatable bonds is 4. The Hall–Kier alpha value is -1.84. The molecule has 2 aromatic heterocycles. The first-order valence-corrected chi connectivity index (χ1v) is 7.52. The molecule has 126 valence electrons. The minimum absolute atomic E-state index is 0.158. The van der Waals surface area contributed by atoms with Crippen molar-refractivity contribution < 1.29 is 18.0 Å². The molecule has 0 unspecified atom stereocenters. The van der Waals surface area contributed by atoms with Crippen molar-refractivity contribution in [3.63, 3.8) is 0 Å². The van der Waals surface area contributed by atoms with E-state index < -0.39 is 17.8 Å². The average molecular weight is 394 g/mol. The summed E-state index contributed by atoms with van der Waals surface area (Å²) in [6.07, 6.45) is -2.86. The number of carbonyl (C=O) groups is 1. The van der Waals surface area contributed by atoms with Crippen molar-refractivity contribution in [2.45, 2.75) is 26.2 Å². The van der Waals surface area contributed by atoms with Crippen molar-refractivity contribution in [1.29, 1.82) is 0 Å². The Bertz CT molecular complexity index is 722. The van der Waals surface area contributed by atoms with Crippen LogP contribution in [0.5, 0.6) is 0 Å². The Morgan fingerprint density at radius 1 is 1.39 bits per heavy atom. The molecule has 0 aliphatic rings. The zero-order valence-electron chi connectivity index (χ0n) is 12.7. The summed E-state index contributed by atoms with van der Waals surface area (Å²) in [5.41, 5.74) is -0.626. The van der Waals surface area contributed by atoms with Crippen LogP contribution in [0.15, 0.2) is 16.7 Å². The minimum Gasteiger partial charge on any atom is -0.334 e. The molecule has 2 aromatic rings. The minimum atomic E-state index is -4.63. The van der Waals surface area contributed by atoms with Gasteiger partial charge in [0.25, 0.3) is 5.91 Å². The maximum Gasteiger partial charge on any atom is 0.436 e. The smallest absolute Gasteiger partial charge is 0.334 e. The Kier molecular flexibility index (Phi) is 4.83. The summed E-state index contributed by atoms with van der Waals surface area (Å²) < 4.78 is 40.8. The first-order chi connectivity index (χ1) is 10.6. The Morgan fingerprint density at radius 3 is 2.52 bits per heavy atom. The highest BCUT2D eigenvalue weighted by molar-refractivity contribution is 9.10. The molecule has 0 bridgehead atoms. The fraction of sp³-hybridized carbons (Fsp3) is 0.462. The zero-order chi connectivity index (χ0) is 17.4. The SMILES string of the molecule is CCn1ccc(CN(C)C(=O)c2c(Br)c(C(F)(F)F)nn2C)n1. The second-order valence-electron chi connectivity index (χ2n) is 4.96. The van der Waals surface area contributed by atoms with Crippen molar-refractivity contribution in [3.8, 4) is 0 Å². The van der Waals surface area contributed by atoms with Gasteiger partial charge in [-0.3, -0.25) is 14.2 Å². The van der Waals surface area contributed by atoms with E-state index in [0.29, 0.717) is 12.2 Å². The molecule has 23 heavy (non-hydrogen) atoms. The van der Waals surface area contributed by atoms with Crippen LogP contribution in [-0.4, -0.2) is 37.4 Å². The zero-order valence-corrected chi connectivity index (χ0v) is 14.3. The fourth-order valence-electron chi connectivity index (χ4n) is 2.07. The van der Waals surface area contributed by atoms with E-state index in [-0.39, 0.29) is 16.7 Å². The lowest BCUT2D eigenvalue weighted by molar-refractivity contribution is -0.142. The number of hydrogen-bond acceptors (Lipinski definition) is 3. The number of aryl methyl sites for hydroxylation is 2. The predicted molar refractivity (Wildman–Crippen MR) is 79.6 cm³/mol. The molecule has 2 rings (SSSR count). The number of amides is 1. The predicted octanol–water partition coefficient (Wildman–Crippen LogP) is 2.69. The van der Waals surface area contributed by atoms with Gasteiger partial charge in [0.1, 0.15) is 5.69 Å². The van der Waals surface area contributed by atoms with Gasteiger partial charge in [-0.25, -0.2) is 0 Å². The molecule has 0 aliphatic carbocycles. The van der Waals surface area contributed by atoms with Crippen molar-refractivity contribution in [2.24, 2.45) is 7.05 Å². The van der Waals surface area contributed by atoms with E-state index in [1.165, 1.54) is 19.0 Å². The first-order valence-electron chi connectivity index (χ1n) is 6.72. The Balaban J connectivity index is 2.24. The second kappa shape index (κ2) is 6.34. The lowest BCUT2D eigenvalue weighted by atomic mass is 10.3. The van der Waals surface area contributed by atoms with E-state index in [4.69, 9.17) is 0 Å². The molecule has 0 aliphatic heterocycles. The van der Waals surface area contributed by atoms with Crippen LogP contribution in [0.4, 0.5) is 13.2 Å². The number of aromatic nitrogens is 4.